The highest BCUT2D eigenvalue weighted by atomic mass is 35.5. The van der Waals surface area contributed by atoms with Crippen molar-refractivity contribution in [3.05, 3.63) is 88.3 Å². The van der Waals surface area contributed by atoms with Gasteiger partial charge in [-0.1, -0.05) is 41.9 Å². The maximum Gasteiger partial charge on any atom is 0.271 e. The number of carbonyl (C=O) groups is 1. The Morgan fingerprint density at radius 1 is 1.06 bits per heavy atom. The lowest BCUT2D eigenvalue weighted by Gasteiger charge is -2.09. The van der Waals surface area contributed by atoms with E-state index >= 15 is 0 Å². The summed E-state index contributed by atoms with van der Waals surface area (Å²) in [5.74, 6) is 0.579. The van der Waals surface area contributed by atoms with Crippen molar-refractivity contribution < 1.29 is 14.3 Å². The van der Waals surface area contributed by atoms with Crippen molar-refractivity contribution in [2.24, 2.45) is 5.10 Å². The first-order valence-corrected chi connectivity index (χ1v) is 11.5. The minimum Gasteiger partial charge on any atom is -0.493 e. The SMILES string of the molecule is COc1cc(/C=N\NC(=O)c2ccc(-c3csc(Nc4ccccc4)n3)cc2)cc(Cl)c1OC. The Bertz CT molecular complexity index is 1310. The minimum absolute atomic E-state index is 0.334. The summed E-state index contributed by atoms with van der Waals surface area (Å²) in [6.45, 7) is 0. The predicted octanol–water partition coefficient (Wildman–Crippen LogP) is 5.99. The van der Waals surface area contributed by atoms with Crippen molar-refractivity contribution >= 4 is 45.9 Å². The quantitative estimate of drug-likeness (QED) is 0.233. The van der Waals surface area contributed by atoms with Gasteiger partial charge in [-0.25, -0.2) is 10.4 Å². The van der Waals surface area contributed by atoms with Crippen molar-refractivity contribution in [1.82, 2.24) is 10.4 Å². The first-order valence-electron chi connectivity index (χ1n) is 10.2. The normalized spacial score (nSPS) is 10.8. The molecule has 1 aromatic heterocycles. The zero-order chi connectivity index (χ0) is 23.9. The molecule has 1 amide bonds. The van der Waals surface area contributed by atoms with Crippen molar-refractivity contribution in [1.29, 1.82) is 0 Å². The molecule has 0 aliphatic heterocycles. The summed E-state index contributed by atoms with van der Waals surface area (Å²) in [6.07, 6.45) is 1.48. The third-order valence-electron chi connectivity index (χ3n) is 4.81. The zero-order valence-corrected chi connectivity index (χ0v) is 20.0. The van der Waals surface area contributed by atoms with Crippen LogP contribution in [0.4, 0.5) is 10.8 Å². The summed E-state index contributed by atoms with van der Waals surface area (Å²) in [6, 6.07) is 20.4. The van der Waals surface area contributed by atoms with Crippen LogP contribution in [0.25, 0.3) is 11.3 Å². The average Bonchev–Trinajstić information content (AvgIpc) is 3.32. The van der Waals surface area contributed by atoms with E-state index in [9.17, 15) is 4.79 Å². The third kappa shape index (κ3) is 5.54. The fraction of sp³-hybridized carbons (Fsp3) is 0.0800. The minimum atomic E-state index is -0.334. The largest absolute Gasteiger partial charge is 0.493 e. The van der Waals surface area contributed by atoms with Gasteiger partial charge in [-0.2, -0.15) is 5.10 Å². The number of hydrogen-bond acceptors (Lipinski definition) is 7. The first-order chi connectivity index (χ1) is 16.6. The van der Waals surface area contributed by atoms with E-state index in [-0.39, 0.29) is 5.91 Å². The molecular weight excluding hydrogens is 472 g/mol. The molecule has 0 radical (unpaired) electrons. The molecule has 0 fully saturated rings. The number of ether oxygens (including phenoxy) is 2. The number of thiazole rings is 1. The van der Waals surface area contributed by atoms with Crippen LogP contribution in [-0.4, -0.2) is 31.3 Å². The van der Waals surface area contributed by atoms with Crippen LogP contribution in [0.1, 0.15) is 15.9 Å². The number of hydrogen-bond donors (Lipinski definition) is 2. The van der Waals surface area contributed by atoms with Crippen LogP contribution in [0.15, 0.2) is 77.2 Å². The van der Waals surface area contributed by atoms with E-state index in [0.29, 0.717) is 27.6 Å². The van der Waals surface area contributed by atoms with Gasteiger partial charge in [0.1, 0.15) is 0 Å². The molecule has 4 aromatic rings. The van der Waals surface area contributed by atoms with Gasteiger partial charge in [0.05, 0.1) is 31.2 Å². The number of amides is 1. The standard InChI is InChI=1S/C25H21ClN4O3S/c1-32-22-13-16(12-20(26)23(22)33-2)14-27-30-24(31)18-10-8-17(9-11-18)21-15-34-25(29-21)28-19-6-4-3-5-7-19/h3-15H,1-2H3,(H,28,29)(H,30,31)/b27-14-. The number of nitrogens with zero attached hydrogens (tertiary/aromatic N) is 2. The molecule has 0 unspecified atom stereocenters. The van der Waals surface area contributed by atoms with E-state index in [0.717, 1.165) is 22.1 Å². The number of aromatic nitrogens is 1. The predicted molar refractivity (Wildman–Crippen MR) is 137 cm³/mol. The number of halogens is 1. The molecular formula is C25H21ClN4O3S. The van der Waals surface area contributed by atoms with Gasteiger partial charge in [-0.3, -0.25) is 4.79 Å². The maximum absolute atomic E-state index is 12.5. The zero-order valence-electron chi connectivity index (χ0n) is 18.4. The molecule has 2 N–H and O–H groups in total. The van der Waals surface area contributed by atoms with Crippen LogP contribution in [0.5, 0.6) is 11.5 Å². The summed E-state index contributed by atoms with van der Waals surface area (Å²) >= 11 is 7.71. The molecule has 172 valence electrons. The third-order valence-corrected chi connectivity index (χ3v) is 5.85. The second kappa shape index (κ2) is 10.8. The topological polar surface area (TPSA) is 84.8 Å². The molecule has 1 heterocycles. The van der Waals surface area contributed by atoms with Crippen LogP contribution >= 0.6 is 22.9 Å². The maximum atomic E-state index is 12.5. The van der Waals surface area contributed by atoms with Gasteiger partial charge in [-0.05, 0) is 42.0 Å². The van der Waals surface area contributed by atoms with Crippen molar-refractivity contribution in [3.63, 3.8) is 0 Å². The molecule has 0 saturated carbocycles. The molecule has 9 heteroatoms. The number of hydrazone groups is 1. The number of carbonyl (C=O) groups excluding carboxylic acids is 1. The summed E-state index contributed by atoms with van der Waals surface area (Å²) < 4.78 is 10.5. The van der Waals surface area contributed by atoms with Crippen LogP contribution in [0.3, 0.4) is 0 Å². The number of nitrogens with one attached hydrogen (secondary N) is 2. The average molecular weight is 493 g/mol. The molecule has 4 rings (SSSR count). The summed E-state index contributed by atoms with van der Waals surface area (Å²) in [5.41, 5.74) is 6.37. The Morgan fingerprint density at radius 3 is 2.53 bits per heavy atom. The lowest BCUT2D eigenvalue weighted by Crippen LogP contribution is -2.17. The second-order valence-corrected chi connectivity index (χ2v) is 8.31. The monoisotopic (exact) mass is 492 g/mol. The van der Waals surface area contributed by atoms with E-state index in [1.54, 1.807) is 24.3 Å². The molecule has 0 saturated heterocycles. The molecule has 0 atom stereocenters. The summed E-state index contributed by atoms with van der Waals surface area (Å²) in [7, 11) is 3.03. The van der Waals surface area contributed by atoms with E-state index in [2.05, 4.69) is 20.8 Å². The summed E-state index contributed by atoms with van der Waals surface area (Å²) in [5, 5.41) is 10.5. The van der Waals surface area contributed by atoms with Crippen molar-refractivity contribution in [2.75, 3.05) is 19.5 Å². The van der Waals surface area contributed by atoms with Gasteiger partial charge in [0.15, 0.2) is 16.6 Å². The number of benzene rings is 3. The lowest BCUT2D eigenvalue weighted by molar-refractivity contribution is 0.0955. The van der Waals surface area contributed by atoms with Crippen molar-refractivity contribution in [2.45, 2.75) is 0 Å². The van der Waals surface area contributed by atoms with Crippen LogP contribution in [0.2, 0.25) is 5.02 Å². The summed E-state index contributed by atoms with van der Waals surface area (Å²) in [4.78, 5) is 17.1. The Labute approximate surface area is 206 Å². The number of anilines is 2. The molecule has 0 aliphatic rings. The highest BCUT2D eigenvalue weighted by molar-refractivity contribution is 7.14. The molecule has 34 heavy (non-hydrogen) atoms. The van der Waals surface area contributed by atoms with Crippen LogP contribution < -0.4 is 20.2 Å². The van der Waals surface area contributed by atoms with Gasteiger partial charge in [0.2, 0.25) is 0 Å². The van der Waals surface area contributed by atoms with Gasteiger partial charge < -0.3 is 14.8 Å². The fourth-order valence-electron chi connectivity index (χ4n) is 3.14. The Hall–Kier alpha value is -3.88. The molecule has 0 spiro atoms. The Kier molecular flexibility index (Phi) is 7.41. The second-order valence-electron chi connectivity index (χ2n) is 7.04. The molecule has 0 aliphatic carbocycles. The van der Waals surface area contributed by atoms with Gasteiger partial charge >= 0.3 is 0 Å². The van der Waals surface area contributed by atoms with Crippen LogP contribution in [0, 0.1) is 0 Å². The Balaban J connectivity index is 1.39. The van der Waals surface area contributed by atoms with Crippen molar-refractivity contribution in [3.8, 4) is 22.8 Å². The Morgan fingerprint density at radius 2 is 1.82 bits per heavy atom. The number of methoxy groups -OCH3 is 2. The van der Waals surface area contributed by atoms with E-state index in [1.165, 1.54) is 31.8 Å². The van der Waals surface area contributed by atoms with Gasteiger partial charge in [-0.15, -0.1) is 11.3 Å². The van der Waals surface area contributed by atoms with Gasteiger partial charge in [0.25, 0.3) is 5.91 Å². The van der Waals surface area contributed by atoms with Gasteiger partial charge in [0, 0.05) is 22.2 Å². The number of para-hydroxylation sites is 1. The van der Waals surface area contributed by atoms with Crippen LogP contribution in [-0.2, 0) is 0 Å². The smallest absolute Gasteiger partial charge is 0.271 e. The highest BCUT2D eigenvalue weighted by Crippen LogP contribution is 2.35. The fourth-order valence-corrected chi connectivity index (χ4v) is 4.18. The van der Waals surface area contributed by atoms with E-state index in [1.807, 2.05) is 47.8 Å². The van der Waals surface area contributed by atoms with E-state index < -0.39 is 0 Å². The van der Waals surface area contributed by atoms with E-state index in [4.69, 9.17) is 21.1 Å². The molecule has 7 nitrogen and oxygen atoms in total. The molecule has 3 aromatic carbocycles. The highest BCUT2D eigenvalue weighted by Gasteiger charge is 2.11. The number of rotatable bonds is 8. The lowest BCUT2D eigenvalue weighted by atomic mass is 10.1. The first kappa shape index (κ1) is 23.3. The molecule has 0 bridgehead atoms.